The van der Waals surface area contributed by atoms with Crippen LogP contribution in [0.25, 0.3) is 11.0 Å². The molecule has 1 aromatic heterocycles. The van der Waals surface area contributed by atoms with Crippen molar-refractivity contribution in [2.45, 2.75) is 25.8 Å². The van der Waals surface area contributed by atoms with E-state index in [-0.39, 0.29) is 28.3 Å². The molecule has 29 heavy (non-hydrogen) atoms. The molecule has 0 spiro atoms. The maximum absolute atomic E-state index is 12.7. The third-order valence-electron chi connectivity index (χ3n) is 5.00. The summed E-state index contributed by atoms with van der Waals surface area (Å²) in [5.41, 5.74) is 2.49. The number of aromatic nitrogens is 2. The predicted octanol–water partition coefficient (Wildman–Crippen LogP) is 3.64. The fourth-order valence-corrected chi connectivity index (χ4v) is 5.33. The molecule has 2 heterocycles. The predicted molar refractivity (Wildman–Crippen MR) is 114 cm³/mol. The van der Waals surface area contributed by atoms with E-state index in [1.54, 1.807) is 12.1 Å². The third-order valence-corrected chi connectivity index (χ3v) is 7.18. The molecular weight excluding hydrogens is 412 g/mol. The molecule has 0 bridgehead atoms. The molecular formula is C20H21ClN4O3S. The molecule has 0 radical (unpaired) electrons. The zero-order valence-electron chi connectivity index (χ0n) is 15.9. The van der Waals surface area contributed by atoms with Crippen LogP contribution in [0.3, 0.4) is 0 Å². The number of carbonyl (C=O) groups excluding carboxylic acids is 1. The van der Waals surface area contributed by atoms with Crippen LogP contribution in [0.4, 0.5) is 5.69 Å². The number of H-pyrrole nitrogens is 1. The van der Waals surface area contributed by atoms with E-state index in [0.717, 1.165) is 17.5 Å². The minimum absolute atomic E-state index is 0.127. The molecule has 3 aromatic rings. The van der Waals surface area contributed by atoms with Crippen LogP contribution in [0.2, 0.25) is 5.02 Å². The number of hydrogen-bond acceptors (Lipinski definition) is 4. The Morgan fingerprint density at radius 2 is 2.03 bits per heavy atom. The van der Waals surface area contributed by atoms with E-state index in [1.165, 1.54) is 10.4 Å². The molecule has 4 rings (SSSR count). The summed E-state index contributed by atoms with van der Waals surface area (Å²) < 4.78 is 25.9. The number of sulfonamides is 1. The van der Waals surface area contributed by atoms with E-state index in [9.17, 15) is 13.2 Å². The second-order valence-electron chi connectivity index (χ2n) is 7.09. The molecule has 1 saturated heterocycles. The highest BCUT2D eigenvalue weighted by Crippen LogP contribution is 2.28. The van der Waals surface area contributed by atoms with Crippen molar-refractivity contribution in [2.24, 2.45) is 0 Å². The maximum atomic E-state index is 12.7. The minimum Gasteiger partial charge on any atom is -0.342 e. The Morgan fingerprint density at radius 3 is 2.76 bits per heavy atom. The first-order valence-corrected chi connectivity index (χ1v) is 11.4. The highest BCUT2D eigenvalue weighted by Gasteiger charge is 2.27. The molecule has 1 fully saturated rings. The van der Waals surface area contributed by atoms with Gasteiger partial charge in [0.25, 0.3) is 5.91 Å². The second kappa shape index (κ2) is 7.68. The molecule has 0 unspecified atom stereocenters. The summed E-state index contributed by atoms with van der Waals surface area (Å²) in [6.07, 6.45) is 1.46. The van der Waals surface area contributed by atoms with Crippen molar-refractivity contribution in [2.75, 3.05) is 16.6 Å². The van der Waals surface area contributed by atoms with Gasteiger partial charge in [0.05, 0.1) is 39.1 Å². The van der Waals surface area contributed by atoms with Gasteiger partial charge in [-0.2, -0.15) is 0 Å². The lowest BCUT2D eigenvalue weighted by Gasteiger charge is -2.28. The number of rotatable bonds is 4. The van der Waals surface area contributed by atoms with Crippen molar-refractivity contribution in [1.82, 2.24) is 15.3 Å². The Balaban J connectivity index is 1.52. The van der Waals surface area contributed by atoms with E-state index in [2.05, 4.69) is 15.3 Å². The van der Waals surface area contributed by atoms with Crippen LogP contribution in [-0.2, 0) is 10.0 Å². The molecule has 0 saturated carbocycles. The summed E-state index contributed by atoms with van der Waals surface area (Å²) in [5.74, 6) is 0.421. The maximum Gasteiger partial charge on any atom is 0.253 e. The second-order valence-corrected chi connectivity index (χ2v) is 9.51. The number of benzene rings is 2. The molecule has 152 valence electrons. The van der Waals surface area contributed by atoms with Gasteiger partial charge in [-0.05, 0) is 50.1 Å². The summed E-state index contributed by atoms with van der Waals surface area (Å²) in [6.45, 7) is 2.26. The largest absolute Gasteiger partial charge is 0.342 e. The van der Waals surface area contributed by atoms with Gasteiger partial charge in [-0.3, -0.25) is 9.10 Å². The zero-order valence-corrected chi connectivity index (χ0v) is 17.4. The van der Waals surface area contributed by atoms with Crippen LogP contribution in [0, 0.1) is 0 Å². The van der Waals surface area contributed by atoms with Gasteiger partial charge in [0.2, 0.25) is 10.0 Å². The molecule has 7 nitrogen and oxygen atoms in total. The Bertz CT molecular complexity index is 1140. The summed E-state index contributed by atoms with van der Waals surface area (Å²) in [7, 11) is -3.33. The van der Waals surface area contributed by atoms with Crippen LogP contribution in [0.15, 0.2) is 42.5 Å². The van der Waals surface area contributed by atoms with Crippen molar-refractivity contribution in [1.29, 1.82) is 0 Å². The SMILES string of the molecule is C[C@H](NC(=O)c1ccc(N2CCCCS2(=O)=O)cc1Cl)c1nc2ccccc2[nH]1. The van der Waals surface area contributed by atoms with Crippen LogP contribution in [0.5, 0.6) is 0 Å². The van der Waals surface area contributed by atoms with E-state index in [0.29, 0.717) is 24.5 Å². The molecule has 2 aromatic carbocycles. The van der Waals surface area contributed by atoms with E-state index in [4.69, 9.17) is 11.6 Å². The number of imidazole rings is 1. The van der Waals surface area contributed by atoms with Gasteiger partial charge in [-0.25, -0.2) is 13.4 Å². The van der Waals surface area contributed by atoms with Crippen molar-refractivity contribution in [3.05, 3.63) is 58.9 Å². The monoisotopic (exact) mass is 432 g/mol. The average molecular weight is 433 g/mol. The first-order valence-electron chi connectivity index (χ1n) is 9.40. The smallest absolute Gasteiger partial charge is 0.253 e. The molecule has 1 aliphatic rings. The summed E-state index contributed by atoms with van der Waals surface area (Å²) in [5, 5.41) is 3.09. The number of fused-ring (bicyclic) bond motifs is 1. The highest BCUT2D eigenvalue weighted by molar-refractivity contribution is 7.92. The summed E-state index contributed by atoms with van der Waals surface area (Å²) in [6, 6.07) is 12.0. The number of amides is 1. The molecule has 1 atom stereocenters. The van der Waals surface area contributed by atoms with Crippen LogP contribution in [0.1, 0.15) is 42.0 Å². The first-order chi connectivity index (χ1) is 13.8. The van der Waals surface area contributed by atoms with Crippen molar-refractivity contribution in [3.8, 4) is 0 Å². The number of nitrogens with zero attached hydrogens (tertiary/aromatic N) is 2. The van der Waals surface area contributed by atoms with Crippen LogP contribution < -0.4 is 9.62 Å². The lowest BCUT2D eigenvalue weighted by molar-refractivity contribution is 0.0938. The van der Waals surface area contributed by atoms with E-state index >= 15 is 0 Å². The quantitative estimate of drug-likeness (QED) is 0.658. The minimum atomic E-state index is -3.33. The van der Waals surface area contributed by atoms with Gasteiger partial charge >= 0.3 is 0 Å². The summed E-state index contributed by atoms with van der Waals surface area (Å²) >= 11 is 6.32. The van der Waals surface area contributed by atoms with Crippen molar-refractivity contribution in [3.63, 3.8) is 0 Å². The standard InChI is InChI=1S/C20H21ClN4O3S/c1-13(19-23-17-6-2-3-7-18(17)24-19)22-20(26)15-9-8-14(12-16(15)21)25-10-4-5-11-29(25,27)28/h2-3,6-9,12-13H,4-5,10-11H2,1H3,(H,22,26)(H,23,24)/t13-/m0/s1. The summed E-state index contributed by atoms with van der Waals surface area (Å²) in [4.78, 5) is 20.4. The zero-order chi connectivity index (χ0) is 20.6. The number of carbonyl (C=O) groups is 1. The lowest BCUT2D eigenvalue weighted by atomic mass is 10.1. The van der Waals surface area contributed by atoms with Gasteiger partial charge < -0.3 is 10.3 Å². The van der Waals surface area contributed by atoms with Gasteiger partial charge in [-0.1, -0.05) is 23.7 Å². The van der Waals surface area contributed by atoms with E-state index in [1.807, 2.05) is 31.2 Å². The van der Waals surface area contributed by atoms with Crippen molar-refractivity contribution < 1.29 is 13.2 Å². The van der Waals surface area contributed by atoms with Gasteiger partial charge in [0.1, 0.15) is 5.82 Å². The number of para-hydroxylation sites is 2. The van der Waals surface area contributed by atoms with Crippen LogP contribution >= 0.6 is 11.6 Å². The lowest BCUT2D eigenvalue weighted by Crippen LogP contribution is -2.37. The molecule has 9 heteroatoms. The highest BCUT2D eigenvalue weighted by atomic mass is 35.5. The topological polar surface area (TPSA) is 95.2 Å². The molecule has 0 aliphatic carbocycles. The third kappa shape index (κ3) is 3.95. The number of halogens is 1. The van der Waals surface area contributed by atoms with E-state index < -0.39 is 10.0 Å². The number of hydrogen-bond donors (Lipinski definition) is 2. The van der Waals surface area contributed by atoms with Crippen LogP contribution in [-0.4, -0.2) is 36.6 Å². The Labute approximate surface area is 174 Å². The fraction of sp³-hybridized carbons (Fsp3) is 0.300. The molecule has 1 amide bonds. The molecule has 1 aliphatic heterocycles. The average Bonchev–Trinajstić information content (AvgIpc) is 3.12. The normalized spacial score (nSPS) is 17.2. The van der Waals surface area contributed by atoms with Crippen molar-refractivity contribution >= 4 is 44.3 Å². The number of anilines is 1. The Hall–Kier alpha value is -2.58. The molecule has 2 N–H and O–H groups in total. The van der Waals surface area contributed by atoms with Gasteiger partial charge in [0.15, 0.2) is 0 Å². The number of nitrogens with one attached hydrogen (secondary N) is 2. The number of aromatic amines is 1. The Kier molecular flexibility index (Phi) is 5.23. The van der Waals surface area contributed by atoms with Gasteiger partial charge in [-0.15, -0.1) is 0 Å². The van der Waals surface area contributed by atoms with Gasteiger partial charge in [0, 0.05) is 6.54 Å². The fourth-order valence-electron chi connectivity index (χ4n) is 3.44. The Morgan fingerprint density at radius 1 is 1.24 bits per heavy atom. The first kappa shape index (κ1) is 19.7.